The molecule has 3 rings (SSSR count). The number of aromatic nitrogens is 2. The molecule has 8 heteroatoms. The Morgan fingerprint density at radius 1 is 1.15 bits per heavy atom. The van der Waals surface area contributed by atoms with Crippen molar-refractivity contribution in [3.63, 3.8) is 0 Å². The summed E-state index contributed by atoms with van der Waals surface area (Å²) in [5, 5.41) is 10.9. The predicted molar refractivity (Wildman–Crippen MR) is 106 cm³/mol. The first kappa shape index (κ1) is 18.7. The van der Waals surface area contributed by atoms with Crippen molar-refractivity contribution in [2.45, 2.75) is 0 Å². The van der Waals surface area contributed by atoms with E-state index in [1.165, 1.54) is 6.21 Å². The molecular weight excluding hydrogens is 412 g/mol. The van der Waals surface area contributed by atoms with Crippen LogP contribution in [0.4, 0.5) is 0 Å². The highest BCUT2D eigenvalue weighted by Gasteiger charge is 2.10. The fourth-order valence-corrected chi connectivity index (χ4v) is 2.63. The van der Waals surface area contributed by atoms with Gasteiger partial charge in [-0.15, -0.1) is 0 Å². The lowest BCUT2D eigenvalue weighted by Gasteiger charge is -2.06. The molecule has 0 spiro atoms. The number of carbonyl (C=O) groups is 1. The van der Waals surface area contributed by atoms with E-state index in [4.69, 9.17) is 9.47 Å². The van der Waals surface area contributed by atoms with Gasteiger partial charge in [-0.3, -0.25) is 9.89 Å². The molecule has 0 aliphatic heterocycles. The van der Waals surface area contributed by atoms with E-state index in [0.29, 0.717) is 28.5 Å². The third kappa shape index (κ3) is 4.53. The van der Waals surface area contributed by atoms with Crippen LogP contribution in [0.25, 0.3) is 11.3 Å². The van der Waals surface area contributed by atoms with Crippen molar-refractivity contribution in [1.29, 1.82) is 0 Å². The Kier molecular flexibility index (Phi) is 5.87. The molecule has 1 heterocycles. The van der Waals surface area contributed by atoms with Crippen molar-refractivity contribution in [2.24, 2.45) is 5.10 Å². The summed E-state index contributed by atoms with van der Waals surface area (Å²) >= 11 is 3.39. The van der Waals surface area contributed by atoms with Gasteiger partial charge in [0.1, 0.15) is 17.2 Å². The van der Waals surface area contributed by atoms with E-state index < -0.39 is 5.91 Å². The number of carbonyl (C=O) groups excluding carboxylic acids is 1. The van der Waals surface area contributed by atoms with Crippen LogP contribution in [0.5, 0.6) is 11.5 Å². The molecule has 1 aromatic heterocycles. The summed E-state index contributed by atoms with van der Waals surface area (Å²) in [5.74, 6) is 0.883. The highest BCUT2D eigenvalue weighted by Crippen LogP contribution is 2.22. The zero-order valence-electron chi connectivity index (χ0n) is 14.7. The molecule has 0 atom stereocenters. The standard InChI is InChI=1S/C19H17BrN4O3/c1-26-15-7-8-18(27-2)13(9-15)11-21-24-19(25)17-10-16(22-23-17)12-3-5-14(20)6-4-12/h3-11H,1-2H3,(H,22,23)(H,24,25). The number of methoxy groups -OCH3 is 2. The molecule has 138 valence electrons. The number of aromatic amines is 1. The molecule has 0 bridgehead atoms. The quantitative estimate of drug-likeness (QED) is 0.463. The van der Waals surface area contributed by atoms with Gasteiger partial charge in [0, 0.05) is 15.6 Å². The van der Waals surface area contributed by atoms with Gasteiger partial charge in [-0.05, 0) is 36.4 Å². The summed E-state index contributed by atoms with van der Waals surface area (Å²) in [4.78, 5) is 12.3. The second kappa shape index (κ2) is 8.50. The summed E-state index contributed by atoms with van der Waals surface area (Å²) in [5.41, 5.74) is 5.02. The van der Waals surface area contributed by atoms with E-state index in [9.17, 15) is 4.79 Å². The first-order valence-corrected chi connectivity index (χ1v) is 8.77. The van der Waals surface area contributed by atoms with Gasteiger partial charge in [-0.25, -0.2) is 5.43 Å². The highest BCUT2D eigenvalue weighted by molar-refractivity contribution is 9.10. The minimum absolute atomic E-state index is 0.308. The Balaban J connectivity index is 1.69. The van der Waals surface area contributed by atoms with Crippen LogP contribution in [0.2, 0.25) is 0 Å². The fraction of sp³-hybridized carbons (Fsp3) is 0.105. The lowest BCUT2D eigenvalue weighted by molar-refractivity contribution is 0.0950. The molecule has 0 unspecified atom stereocenters. The number of nitrogens with one attached hydrogen (secondary N) is 2. The Hall–Kier alpha value is -3.13. The third-order valence-electron chi connectivity index (χ3n) is 3.77. The molecule has 3 aromatic rings. The van der Waals surface area contributed by atoms with Crippen molar-refractivity contribution >= 4 is 28.1 Å². The van der Waals surface area contributed by atoms with Gasteiger partial charge in [0.05, 0.1) is 26.1 Å². The van der Waals surface area contributed by atoms with Crippen LogP contribution in [0.15, 0.2) is 58.1 Å². The number of rotatable bonds is 6. The van der Waals surface area contributed by atoms with E-state index >= 15 is 0 Å². The molecular formula is C19H17BrN4O3. The van der Waals surface area contributed by atoms with Crippen LogP contribution >= 0.6 is 15.9 Å². The van der Waals surface area contributed by atoms with E-state index in [1.807, 2.05) is 24.3 Å². The maximum atomic E-state index is 12.3. The lowest BCUT2D eigenvalue weighted by atomic mass is 10.1. The number of halogens is 1. The first-order chi connectivity index (χ1) is 13.1. The second-order valence-electron chi connectivity index (χ2n) is 5.48. The lowest BCUT2D eigenvalue weighted by Crippen LogP contribution is -2.18. The van der Waals surface area contributed by atoms with E-state index in [0.717, 1.165) is 10.0 Å². The summed E-state index contributed by atoms with van der Waals surface area (Å²) in [6.45, 7) is 0. The van der Waals surface area contributed by atoms with Crippen molar-refractivity contribution in [3.05, 3.63) is 64.3 Å². The second-order valence-corrected chi connectivity index (χ2v) is 6.40. The average Bonchev–Trinajstić information content (AvgIpc) is 3.18. The van der Waals surface area contributed by atoms with Crippen LogP contribution in [-0.4, -0.2) is 36.5 Å². The summed E-state index contributed by atoms with van der Waals surface area (Å²) in [6.07, 6.45) is 1.49. The minimum atomic E-state index is -0.399. The SMILES string of the molecule is COc1ccc(OC)c(C=NNC(=O)c2cc(-c3ccc(Br)cc3)n[nH]2)c1. The van der Waals surface area contributed by atoms with Crippen LogP contribution in [0.3, 0.4) is 0 Å². The molecule has 0 saturated carbocycles. The van der Waals surface area contributed by atoms with Gasteiger partial charge < -0.3 is 9.47 Å². The van der Waals surface area contributed by atoms with E-state index in [2.05, 4.69) is 36.7 Å². The molecule has 0 radical (unpaired) electrons. The number of H-pyrrole nitrogens is 1. The van der Waals surface area contributed by atoms with Gasteiger partial charge in [0.15, 0.2) is 0 Å². The van der Waals surface area contributed by atoms with Crippen LogP contribution < -0.4 is 14.9 Å². The topological polar surface area (TPSA) is 88.6 Å². The molecule has 0 aliphatic carbocycles. The Morgan fingerprint density at radius 3 is 2.63 bits per heavy atom. The molecule has 27 heavy (non-hydrogen) atoms. The maximum Gasteiger partial charge on any atom is 0.289 e. The molecule has 0 fully saturated rings. The Bertz CT molecular complexity index is 967. The van der Waals surface area contributed by atoms with Gasteiger partial charge in [-0.2, -0.15) is 10.2 Å². The first-order valence-electron chi connectivity index (χ1n) is 7.97. The van der Waals surface area contributed by atoms with Crippen molar-refractivity contribution in [3.8, 4) is 22.8 Å². The van der Waals surface area contributed by atoms with Crippen molar-refractivity contribution in [2.75, 3.05) is 14.2 Å². The number of benzene rings is 2. The van der Waals surface area contributed by atoms with Gasteiger partial charge in [0.25, 0.3) is 5.91 Å². The maximum absolute atomic E-state index is 12.3. The van der Waals surface area contributed by atoms with Crippen molar-refractivity contribution in [1.82, 2.24) is 15.6 Å². The van der Waals surface area contributed by atoms with E-state index in [-0.39, 0.29) is 0 Å². The largest absolute Gasteiger partial charge is 0.497 e. The number of amides is 1. The van der Waals surface area contributed by atoms with Crippen molar-refractivity contribution < 1.29 is 14.3 Å². The summed E-state index contributed by atoms with van der Waals surface area (Å²) < 4.78 is 11.4. The molecule has 1 amide bonds. The average molecular weight is 429 g/mol. The number of hydrazone groups is 1. The van der Waals surface area contributed by atoms with Gasteiger partial charge in [-0.1, -0.05) is 28.1 Å². The van der Waals surface area contributed by atoms with Crippen LogP contribution in [0.1, 0.15) is 16.1 Å². The summed E-state index contributed by atoms with van der Waals surface area (Å²) in [6, 6.07) is 14.6. The van der Waals surface area contributed by atoms with Gasteiger partial charge >= 0.3 is 0 Å². The van der Waals surface area contributed by atoms with Crippen LogP contribution in [0, 0.1) is 0 Å². The normalized spacial score (nSPS) is 10.8. The molecule has 2 N–H and O–H groups in total. The Morgan fingerprint density at radius 2 is 1.93 bits per heavy atom. The van der Waals surface area contributed by atoms with Gasteiger partial charge in [0.2, 0.25) is 0 Å². The molecule has 0 aliphatic rings. The highest BCUT2D eigenvalue weighted by atomic mass is 79.9. The zero-order chi connectivity index (χ0) is 19.2. The molecule has 7 nitrogen and oxygen atoms in total. The molecule has 2 aromatic carbocycles. The zero-order valence-corrected chi connectivity index (χ0v) is 16.3. The van der Waals surface area contributed by atoms with E-state index in [1.54, 1.807) is 38.5 Å². The predicted octanol–water partition coefficient (Wildman–Crippen LogP) is 3.62. The number of nitrogens with zero attached hydrogens (tertiary/aromatic N) is 2. The number of hydrogen-bond acceptors (Lipinski definition) is 5. The number of ether oxygens (including phenoxy) is 2. The Labute approximate surface area is 164 Å². The fourth-order valence-electron chi connectivity index (χ4n) is 2.37. The third-order valence-corrected chi connectivity index (χ3v) is 4.30. The summed E-state index contributed by atoms with van der Waals surface area (Å²) in [7, 11) is 3.14. The number of hydrogen-bond donors (Lipinski definition) is 2. The van der Waals surface area contributed by atoms with Crippen LogP contribution in [-0.2, 0) is 0 Å². The monoisotopic (exact) mass is 428 g/mol. The molecule has 0 saturated heterocycles. The minimum Gasteiger partial charge on any atom is -0.497 e. The smallest absolute Gasteiger partial charge is 0.289 e.